The molecule has 0 fully saturated rings. The monoisotopic (exact) mass is 578 g/mol. The van der Waals surface area contributed by atoms with E-state index in [0.717, 1.165) is 77.6 Å². The summed E-state index contributed by atoms with van der Waals surface area (Å²) in [5.74, 6) is 0.628. The maximum Gasteiger partial charge on any atom is 0.227 e. The standard InChI is InChI=1S/C41H26N2O2/c1-2-9-31(10-3-1)43(33-23-24-36-35-12-6-7-13-37(35)44-39(36)26-33)32-21-18-28(19-22-32)27-14-16-30(17-15-27)41-42-40-34-11-5-4-8-29(34)20-25-38(40)45-41/h1-26H. The fraction of sp³-hybridized carbons (Fsp3) is 0. The number of anilines is 3. The summed E-state index contributed by atoms with van der Waals surface area (Å²) in [6.45, 7) is 0. The van der Waals surface area contributed by atoms with E-state index >= 15 is 0 Å². The summed E-state index contributed by atoms with van der Waals surface area (Å²) < 4.78 is 12.4. The molecule has 9 rings (SSSR count). The maximum absolute atomic E-state index is 6.23. The van der Waals surface area contributed by atoms with Gasteiger partial charge >= 0.3 is 0 Å². The van der Waals surface area contributed by atoms with E-state index in [9.17, 15) is 0 Å². The van der Waals surface area contributed by atoms with Gasteiger partial charge in [-0.2, -0.15) is 0 Å². The van der Waals surface area contributed by atoms with Crippen LogP contribution in [0.1, 0.15) is 0 Å². The summed E-state index contributed by atoms with van der Waals surface area (Å²) in [7, 11) is 0. The van der Waals surface area contributed by atoms with Crippen molar-refractivity contribution in [2.24, 2.45) is 0 Å². The number of aromatic nitrogens is 1. The van der Waals surface area contributed by atoms with Gasteiger partial charge in [0, 0.05) is 44.9 Å². The van der Waals surface area contributed by atoms with Crippen molar-refractivity contribution in [2.45, 2.75) is 0 Å². The first-order valence-corrected chi connectivity index (χ1v) is 15.0. The minimum atomic E-state index is 0.628. The van der Waals surface area contributed by atoms with Crippen LogP contribution < -0.4 is 4.90 Å². The number of benzene rings is 7. The van der Waals surface area contributed by atoms with Gasteiger partial charge < -0.3 is 13.7 Å². The van der Waals surface area contributed by atoms with E-state index < -0.39 is 0 Å². The van der Waals surface area contributed by atoms with Crippen molar-refractivity contribution in [2.75, 3.05) is 4.90 Å². The van der Waals surface area contributed by atoms with Crippen molar-refractivity contribution >= 4 is 60.9 Å². The molecule has 0 amide bonds. The molecule has 2 aromatic heterocycles. The van der Waals surface area contributed by atoms with Crippen LogP contribution in [-0.4, -0.2) is 4.98 Å². The second-order valence-corrected chi connectivity index (χ2v) is 11.2. The number of hydrogen-bond donors (Lipinski definition) is 0. The van der Waals surface area contributed by atoms with Gasteiger partial charge in [0.25, 0.3) is 0 Å². The van der Waals surface area contributed by atoms with Gasteiger partial charge in [-0.1, -0.05) is 91.0 Å². The topological polar surface area (TPSA) is 42.4 Å². The number of furan rings is 1. The zero-order valence-corrected chi connectivity index (χ0v) is 24.2. The van der Waals surface area contributed by atoms with Crippen molar-refractivity contribution < 1.29 is 8.83 Å². The highest BCUT2D eigenvalue weighted by Crippen LogP contribution is 2.39. The van der Waals surface area contributed by atoms with Gasteiger partial charge in [0.2, 0.25) is 5.89 Å². The summed E-state index contributed by atoms with van der Waals surface area (Å²) in [4.78, 5) is 7.11. The lowest BCUT2D eigenvalue weighted by Crippen LogP contribution is -2.09. The summed E-state index contributed by atoms with van der Waals surface area (Å²) >= 11 is 0. The van der Waals surface area contributed by atoms with Gasteiger partial charge in [0.1, 0.15) is 16.7 Å². The molecule has 0 N–H and O–H groups in total. The van der Waals surface area contributed by atoms with Crippen LogP contribution >= 0.6 is 0 Å². The Balaban J connectivity index is 1.05. The van der Waals surface area contributed by atoms with E-state index in [-0.39, 0.29) is 0 Å². The molecule has 212 valence electrons. The highest BCUT2D eigenvalue weighted by Gasteiger charge is 2.16. The third-order valence-electron chi connectivity index (χ3n) is 8.51. The van der Waals surface area contributed by atoms with Crippen LogP contribution in [0.5, 0.6) is 0 Å². The van der Waals surface area contributed by atoms with E-state index in [0.29, 0.717) is 5.89 Å². The molecule has 0 radical (unpaired) electrons. The molecule has 0 aliphatic rings. The highest BCUT2D eigenvalue weighted by atomic mass is 16.3. The lowest BCUT2D eigenvalue weighted by Gasteiger charge is -2.25. The van der Waals surface area contributed by atoms with Gasteiger partial charge in [0.05, 0.1) is 0 Å². The fourth-order valence-electron chi connectivity index (χ4n) is 6.27. The minimum absolute atomic E-state index is 0.628. The van der Waals surface area contributed by atoms with E-state index in [1.807, 2.05) is 42.5 Å². The Kier molecular flexibility index (Phi) is 5.78. The average molecular weight is 579 g/mol. The lowest BCUT2D eigenvalue weighted by atomic mass is 10.0. The highest BCUT2D eigenvalue weighted by molar-refractivity contribution is 6.06. The smallest absolute Gasteiger partial charge is 0.227 e. The number of rotatable bonds is 5. The minimum Gasteiger partial charge on any atom is -0.456 e. The molecule has 45 heavy (non-hydrogen) atoms. The van der Waals surface area contributed by atoms with Crippen LogP contribution in [0.25, 0.3) is 66.4 Å². The zero-order valence-electron chi connectivity index (χ0n) is 24.2. The van der Waals surface area contributed by atoms with E-state index in [4.69, 9.17) is 13.8 Å². The van der Waals surface area contributed by atoms with Gasteiger partial charge in [-0.25, -0.2) is 4.98 Å². The Bertz CT molecular complexity index is 2470. The first-order valence-electron chi connectivity index (χ1n) is 15.0. The van der Waals surface area contributed by atoms with Crippen LogP contribution in [0.3, 0.4) is 0 Å². The average Bonchev–Trinajstić information content (AvgIpc) is 3.71. The van der Waals surface area contributed by atoms with Crippen molar-refractivity contribution in [3.05, 3.63) is 158 Å². The molecule has 0 saturated carbocycles. The second-order valence-electron chi connectivity index (χ2n) is 11.2. The molecule has 7 aromatic carbocycles. The fourth-order valence-corrected chi connectivity index (χ4v) is 6.27. The molecule has 0 unspecified atom stereocenters. The molecule has 0 aliphatic carbocycles. The van der Waals surface area contributed by atoms with Crippen LogP contribution in [0.2, 0.25) is 0 Å². The molecule has 0 bridgehead atoms. The maximum atomic E-state index is 6.23. The number of fused-ring (bicyclic) bond motifs is 6. The van der Waals surface area contributed by atoms with Crippen molar-refractivity contribution in [1.29, 1.82) is 0 Å². The third-order valence-corrected chi connectivity index (χ3v) is 8.51. The first-order chi connectivity index (χ1) is 22.3. The largest absolute Gasteiger partial charge is 0.456 e. The van der Waals surface area contributed by atoms with Gasteiger partial charge in [0.15, 0.2) is 5.58 Å². The van der Waals surface area contributed by atoms with E-state index in [1.165, 1.54) is 0 Å². The number of para-hydroxylation sites is 2. The Labute approximate surface area is 259 Å². The van der Waals surface area contributed by atoms with Crippen molar-refractivity contribution in [1.82, 2.24) is 4.98 Å². The molecule has 0 atom stereocenters. The van der Waals surface area contributed by atoms with Gasteiger partial charge in [-0.05, 0) is 77.2 Å². The van der Waals surface area contributed by atoms with Crippen molar-refractivity contribution in [3.63, 3.8) is 0 Å². The summed E-state index contributed by atoms with van der Waals surface area (Å²) in [6.07, 6.45) is 0. The molecule has 0 aliphatic heterocycles. The number of oxazole rings is 1. The Morgan fingerprint density at radius 1 is 0.400 bits per heavy atom. The Morgan fingerprint density at radius 3 is 1.84 bits per heavy atom. The molecule has 0 spiro atoms. The SMILES string of the molecule is c1ccc(N(c2ccc(-c3ccc(-c4nc5c(ccc6ccccc65)o4)cc3)cc2)c2ccc3c(c2)oc2ccccc23)cc1. The molecule has 4 nitrogen and oxygen atoms in total. The van der Waals surface area contributed by atoms with E-state index in [1.54, 1.807) is 0 Å². The van der Waals surface area contributed by atoms with E-state index in [2.05, 4.69) is 120 Å². The molecule has 4 heteroatoms. The normalized spacial score (nSPS) is 11.6. The number of nitrogens with zero attached hydrogens (tertiary/aromatic N) is 2. The van der Waals surface area contributed by atoms with Crippen LogP contribution in [0, 0.1) is 0 Å². The first kappa shape index (κ1) is 25.4. The zero-order chi connectivity index (χ0) is 29.7. The summed E-state index contributed by atoms with van der Waals surface area (Å²) in [5, 5.41) is 4.51. The second kappa shape index (κ2) is 10.2. The van der Waals surface area contributed by atoms with Crippen LogP contribution in [0.4, 0.5) is 17.1 Å². The summed E-state index contributed by atoms with van der Waals surface area (Å²) in [5.41, 5.74) is 9.86. The predicted octanol–water partition coefficient (Wildman–Crippen LogP) is 11.7. The molecular weight excluding hydrogens is 552 g/mol. The number of hydrogen-bond acceptors (Lipinski definition) is 4. The Hall–Kier alpha value is -6.13. The molecule has 0 saturated heterocycles. The summed E-state index contributed by atoms with van der Waals surface area (Å²) in [6, 6.07) is 54.5. The molecule has 9 aromatic rings. The molecule has 2 heterocycles. The van der Waals surface area contributed by atoms with Crippen LogP contribution in [0.15, 0.2) is 167 Å². The lowest BCUT2D eigenvalue weighted by molar-refractivity contribution is 0.620. The third kappa shape index (κ3) is 4.35. The Morgan fingerprint density at radius 2 is 1.02 bits per heavy atom. The van der Waals surface area contributed by atoms with Gasteiger partial charge in [-0.3, -0.25) is 0 Å². The predicted molar refractivity (Wildman–Crippen MR) is 184 cm³/mol. The quantitative estimate of drug-likeness (QED) is 0.204. The van der Waals surface area contributed by atoms with Gasteiger partial charge in [-0.15, -0.1) is 0 Å². The van der Waals surface area contributed by atoms with Crippen LogP contribution in [-0.2, 0) is 0 Å². The molecular formula is C41H26N2O2. The van der Waals surface area contributed by atoms with Crippen molar-refractivity contribution in [3.8, 4) is 22.6 Å².